The van der Waals surface area contributed by atoms with Crippen molar-refractivity contribution in [2.45, 2.75) is 13.3 Å². The van der Waals surface area contributed by atoms with Crippen molar-refractivity contribution >= 4 is 22.4 Å². The van der Waals surface area contributed by atoms with Crippen molar-refractivity contribution in [3.63, 3.8) is 0 Å². The number of nitrogens with zero attached hydrogens (tertiary/aromatic N) is 2. The summed E-state index contributed by atoms with van der Waals surface area (Å²) in [5, 5.41) is 14.4. The maximum atomic E-state index is 11.6. The van der Waals surface area contributed by atoms with Crippen molar-refractivity contribution in [3.05, 3.63) is 71.5 Å². The summed E-state index contributed by atoms with van der Waals surface area (Å²) < 4.78 is 4.96. The molecule has 1 heterocycles. The van der Waals surface area contributed by atoms with Gasteiger partial charge in [-0.25, -0.2) is 0 Å². The molecule has 0 bridgehead atoms. The van der Waals surface area contributed by atoms with Gasteiger partial charge in [-0.1, -0.05) is 30.3 Å². The lowest BCUT2D eigenvalue weighted by Gasteiger charge is -2.13. The Morgan fingerprint density at radius 3 is 2.73 bits per heavy atom. The van der Waals surface area contributed by atoms with Gasteiger partial charge < -0.3 is 10.1 Å². The average Bonchev–Trinajstić information content (AvgIpc) is 2.68. The highest BCUT2D eigenvalue weighted by molar-refractivity contribution is 5.91. The second kappa shape index (κ2) is 8.13. The van der Waals surface area contributed by atoms with Crippen LogP contribution in [0.1, 0.15) is 23.6 Å². The summed E-state index contributed by atoms with van der Waals surface area (Å²) in [6, 6.07) is 15.8. The summed E-state index contributed by atoms with van der Waals surface area (Å²) in [5.74, 6) is -0.293. The summed E-state index contributed by atoms with van der Waals surface area (Å²) in [5.41, 5.74) is 3.59. The third kappa shape index (κ3) is 3.81. The maximum absolute atomic E-state index is 11.6. The molecule has 3 rings (SSSR count). The lowest BCUT2D eigenvalue weighted by molar-refractivity contribution is -0.140. The number of nitrogens with one attached hydrogen (secondary N) is 1. The Hall–Kier alpha value is -3.39. The molecule has 1 N–H and O–H groups in total. The largest absolute Gasteiger partial charge is 0.465 e. The number of carbonyl (C=O) groups is 1. The van der Waals surface area contributed by atoms with Gasteiger partial charge in [-0.15, -0.1) is 0 Å². The van der Waals surface area contributed by atoms with Crippen molar-refractivity contribution in [1.29, 1.82) is 5.26 Å². The Morgan fingerprint density at radius 1 is 1.15 bits per heavy atom. The molecular formula is C21H19N3O2. The zero-order valence-electron chi connectivity index (χ0n) is 14.5. The standard InChI is InChI=1S/C21H19N3O2/c1-2-26-21(25)14-24-20-9-10-23-13-17(20)11-15-7-8-16(12-22)19-6-4-3-5-18(15)19/h3-10,13H,2,11,14H2,1H3,(H,23,24). The van der Waals surface area contributed by atoms with Crippen molar-refractivity contribution in [3.8, 4) is 6.07 Å². The molecule has 0 spiro atoms. The Morgan fingerprint density at radius 2 is 1.96 bits per heavy atom. The zero-order valence-corrected chi connectivity index (χ0v) is 14.5. The highest BCUT2D eigenvalue weighted by Crippen LogP contribution is 2.26. The quantitative estimate of drug-likeness (QED) is 0.690. The summed E-state index contributed by atoms with van der Waals surface area (Å²) >= 11 is 0. The molecule has 0 aliphatic carbocycles. The number of benzene rings is 2. The Balaban J connectivity index is 1.90. The van der Waals surface area contributed by atoms with Crippen LogP contribution in [0.5, 0.6) is 0 Å². The van der Waals surface area contributed by atoms with Gasteiger partial charge in [-0.3, -0.25) is 9.78 Å². The molecule has 3 aromatic rings. The summed E-state index contributed by atoms with van der Waals surface area (Å²) in [4.78, 5) is 15.8. The average molecular weight is 345 g/mol. The van der Waals surface area contributed by atoms with Crippen LogP contribution in [-0.2, 0) is 16.0 Å². The number of anilines is 1. The minimum atomic E-state index is -0.293. The number of nitriles is 1. The lowest BCUT2D eigenvalue weighted by Crippen LogP contribution is -2.17. The molecule has 130 valence electrons. The second-order valence-corrected chi connectivity index (χ2v) is 5.80. The van der Waals surface area contributed by atoms with E-state index in [0.717, 1.165) is 27.6 Å². The Bertz CT molecular complexity index is 976. The minimum Gasteiger partial charge on any atom is -0.465 e. The van der Waals surface area contributed by atoms with Crippen molar-refractivity contribution in [1.82, 2.24) is 4.98 Å². The highest BCUT2D eigenvalue weighted by atomic mass is 16.5. The molecule has 5 heteroatoms. The van der Waals surface area contributed by atoms with Crippen LogP contribution >= 0.6 is 0 Å². The van der Waals surface area contributed by atoms with Crippen molar-refractivity contribution in [2.24, 2.45) is 0 Å². The second-order valence-electron chi connectivity index (χ2n) is 5.80. The van der Waals surface area contributed by atoms with Crippen LogP contribution in [0.2, 0.25) is 0 Å². The molecule has 0 atom stereocenters. The predicted molar refractivity (Wildman–Crippen MR) is 101 cm³/mol. The molecule has 5 nitrogen and oxygen atoms in total. The molecule has 0 fully saturated rings. The van der Waals surface area contributed by atoms with Crippen LogP contribution in [0.15, 0.2) is 54.9 Å². The summed E-state index contributed by atoms with van der Waals surface area (Å²) in [6.45, 7) is 2.26. The maximum Gasteiger partial charge on any atom is 0.325 e. The van der Waals surface area contributed by atoms with Crippen molar-refractivity contribution < 1.29 is 9.53 Å². The molecule has 0 radical (unpaired) electrons. The van der Waals surface area contributed by atoms with Crippen LogP contribution in [0, 0.1) is 11.3 Å². The smallest absolute Gasteiger partial charge is 0.325 e. The predicted octanol–water partition coefficient (Wildman–Crippen LogP) is 3.67. The van der Waals surface area contributed by atoms with Gasteiger partial charge in [-0.2, -0.15) is 5.26 Å². The fourth-order valence-corrected chi connectivity index (χ4v) is 2.94. The fraction of sp³-hybridized carbons (Fsp3) is 0.190. The van der Waals surface area contributed by atoms with E-state index in [1.165, 1.54) is 0 Å². The van der Waals surface area contributed by atoms with Gasteiger partial charge >= 0.3 is 5.97 Å². The third-order valence-electron chi connectivity index (χ3n) is 4.15. The zero-order chi connectivity index (χ0) is 18.4. The number of rotatable bonds is 6. The Labute approximate surface area is 152 Å². The molecule has 0 amide bonds. The topological polar surface area (TPSA) is 75.0 Å². The molecule has 0 aliphatic rings. The molecule has 0 aliphatic heterocycles. The van der Waals surface area contributed by atoms with Gasteiger partial charge in [0, 0.05) is 24.5 Å². The molecule has 1 aromatic heterocycles. The number of aromatic nitrogens is 1. The number of carbonyl (C=O) groups excluding carboxylic acids is 1. The highest BCUT2D eigenvalue weighted by Gasteiger charge is 2.10. The lowest BCUT2D eigenvalue weighted by atomic mass is 9.96. The first-order valence-electron chi connectivity index (χ1n) is 8.46. The molecule has 26 heavy (non-hydrogen) atoms. The SMILES string of the molecule is CCOC(=O)CNc1ccncc1Cc1ccc(C#N)c2ccccc12. The summed E-state index contributed by atoms with van der Waals surface area (Å²) in [7, 11) is 0. The minimum absolute atomic E-state index is 0.110. The van der Waals surface area contributed by atoms with Crippen molar-refractivity contribution in [2.75, 3.05) is 18.5 Å². The van der Waals surface area contributed by atoms with Gasteiger partial charge in [0.15, 0.2) is 0 Å². The van der Waals surface area contributed by atoms with Gasteiger partial charge in [0.2, 0.25) is 0 Å². The number of hydrogen-bond acceptors (Lipinski definition) is 5. The van der Waals surface area contributed by atoms with Crippen LogP contribution in [0.25, 0.3) is 10.8 Å². The van der Waals surface area contributed by atoms with E-state index in [-0.39, 0.29) is 12.5 Å². The first-order chi connectivity index (χ1) is 12.7. The molecule has 0 unspecified atom stereocenters. The summed E-state index contributed by atoms with van der Waals surface area (Å²) in [6.07, 6.45) is 4.12. The van der Waals surface area contributed by atoms with Crippen LogP contribution < -0.4 is 5.32 Å². The molecule has 0 saturated carbocycles. The fourth-order valence-electron chi connectivity index (χ4n) is 2.94. The first kappa shape index (κ1) is 17.4. The van der Waals surface area contributed by atoms with E-state index in [2.05, 4.69) is 16.4 Å². The van der Waals surface area contributed by atoms with Gasteiger partial charge in [0.05, 0.1) is 18.2 Å². The van der Waals surface area contributed by atoms with Gasteiger partial charge in [-0.05, 0) is 41.0 Å². The molecule has 2 aromatic carbocycles. The number of pyridine rings is 1. The van der Waals surface area contributed by atoms with Gasteiger partial charge in [0.25, 0.3) is 0 Å². The van der Waals surface area contributed by atoms with E-state index in [0.29, 0.717) is 18.6 Å². The van der Waals surface area contributed by atoms with Gasteiger partial charge in [0.1, 0.15) is 6.54 Å². The molecule has 0 saturated heterocycles. The van der Waals surface area contributed by atoms with Crippen LogP contribution in [-0.4, -0.2) is 24.1 Å². The Kier molecular flexibility index (Phi) is 5.45. The van der Waals surface area contributed by atoms with E-state index in [4.69, 9.17) is 4.74 Å². The first-order valence-corrected chi connectivity index (χ1v) is 8.46. The van der Waals surface area contributed by atoms with E-state index in [1.807, 2.05) is 42.5 Å². The number of fused-ring (bicyclic) bond motifs is 1. The number of esters is 1. The monoisotopic (exact) mass is 345 g/mol. The third-order valence-corrected chi connectivity index (χ3v) is 4.15. The normalized spacial score (nSPS) is 10.3. The molecular weight excluding hydrogens is 326 g/mol. The van der Waals surface area contributed by atoms with Crippen LogP contribution in [0.4, 0.5) is 5.69 Å². The van der Waals surface area contributed by atoms with E-state index in [9.17, 15) is 10.1 Å². The van der Waals surface area contributed by atoms with E-state index >= 15 is 0 Å². The number of hydrogen-bond donors (Lipinski definition) is 1. The van der Waals surface area contributed by atoms with Crippen LogP contribution in [0.3, 0.4) is 0 Å². The van der Waals surface area contributed by atoms with E-state index in [1.54, 1.807) is 19.3 Å². The number of ether oxygens (including phenoxy) is 1. The van der Waals surface area contributed by atoms with E-state index < -0.39 is 0 Å².